The normalized spacial score (nSPS) is 10.2. The predicted molar refractivity (Wildman–Crippen MR) is 50.9 cm³/mol. The number of carbonyl (C=O) groups excluding carboxylic acids is 1. The quantitative estimate of drug-likeness (QED) is 0.636. The van der Waals surface area contributed by atoms with Gasteiger partial charge in [0.1, 0.15) is 0 Å². The van der Waals surface area contributed by atoms with Crippen LogP contribution in [-0.2, 0) is 0 Å². The van der Waals surface area contributed by atoms with Gasteiger partial charge in [-0.1, -0.05) is 11.6 Å². The van der Waals surface area contributed by atoms with Crippen molar-refractivity contribution >= 4 is 17.4 Å². The third kappa shape index (κ3) is 1.73. The molecule has 0 saturated heterocycles. The molecule has 0 bridgehead atoms. The molecule has 0 aliphatic rings. The van der Waals surface area contributed by atoms with Gasteiger partial charge in [-0.2, -0.15) is 0 Å². The summed E-state index contributed by atoms with van der Waals surface area (Å²) in [5, 5.41) is 0.00769. The number of aryl methyl sites for hydroxylation is 1. The van der Waals surface area contributed by atoms with Crippen molar-refractivity contribution in [2.24, 2.45) is 0 Å². The Balaban J connectivity index is 3.56. The first-order chi connectivity index (χ1) is 5.95. The first kappa shape index (κ1) is 10.2. The Morgan fingerprint density at radius 3 is 2.46 bits per heavy atom. The second-order valence-corrected chi connectivity index (χ2v) is 3.45. The van der Waals surface area contributed by atoms with E-state index in [0.717, 1.165) is 5.56 Å². The van der Waals surface area contributed by atoms with E-state index in [1.165, 1.54) is 13.0 Å². The fourth-order valence-corrected chi connectivity index (χ4v) is 1.52. The lowest BCUT2D eigenvalue weighted by Gasteiger charge is -2.08. The summed E-state index contributed by atoms with van der Waals surface area (Å²) in [7, 11) is 0. The fourth-order valence-electron chi connectivity index (χ4n) is 1.26. The average Bonchev–Trinajstić information content (AvgIpc) is 2.01. The third-order valence-corrected chi connectivity index (χ3v) is 2.37. The molecular weight excluding hydrogens is 191 g/mol. The molecule has 1 nitrogen and oxygen atoms in total. The molecule has 0 radical (unpaired) electrons. The van der Waals surface area contributed by atoms with Gasteiger partial charge in [0.25, 0.3) is 0 Å². The predicted octanol–water partition coefficient (Wildman–Crippen LogP) is 3.30. The van der Waals surface area contributed by atoms with E-state index in [0.29, 0.717) is 5.56 Å². The van der Waals surface area contributed by atoms with E-state index in [2.05, 4.69) is 0 Å². The maximum absolute atomic E-state index is 13.3. The molecule has 1 aromatic rings. The number of hydrogen-bond donors (Lipinski definition) is 0. The van der Waals surface area contributed by atoms with E-state index >= 15 is 0 Å². The van der Waals surface area contributed by atoms with E-state index in [1.54, 1.807) is 13.8 Å². The minimum absolute atomic E-state index is 0.00769. The number of Topliss-reactive ketones (excluding diaryl/α,β-unsaturated/α-hetero) is 1. The summed E-state index contributed by atoms with van der Waals surface area (Å²) >= 11 is 5.61. The van der Waals surface area contributed by atoms with Crippen molar-refractivity contribution in [2.45, 2.75) is 20.8 Å². The van der Waals surface area contributed by atoms with Crippen LogP contribution in [0.25, 0.3) is 0 Å². The van der Waals surface area contributed by atoms with E-state index in [-0.39, 0.29) is 16.4 Å². The van der Waals surface area contributed by atoms with Gasteiger partial charge in [0.2, 0.25) is 0 Å². The van der Waals surface area contributed by atoms with Crippen molar-refractivity contribution in [3.8, 4) is 0 Å². The van der Waals surface area contributed by atoms with Crippen LogP contribution in [0.2, 0.25) is 5.02 Å². The van der Waals surface area contributed by atoms with Crippen LogP contribution in [0.4, 0.5) is 4.39 Å². The highest BCUT2D eigenvalue weighted by molar-refractivity contribution is 6.31. The van der Waals surface area contributed by atoms with Gasteiger partial charge < -0.3 is 0 Å². The van der Waals surface area contributed by atoms with Crippen molar-refractivity contribution in [2.75, 3.05) is 0 Å². The van der Waals surface area contributed by atoms with Gasteiger partial charge in [-0.3, -0.25) is 4.79 Å². The van der Waals surface area contributed by atoms with E-state index < -0.39 is 5.82 Å². The zero-order valence-corrected chi connectivity index (χ0v) is 8.50. The SMILES string of the molecule is CC(=O)c1c(C)c(C)cc(Cl)c1F. The number of hydrogen-bond acceptors (Lipinski definition) is 1. The number of halogens is 2. The maximum atomic E-state index is 13.3. The summed E-state index contributed by atoms with van der Waals surface area (Å²) in [5.41, 5.74) is 1.59. The van der Waals surface area contributed by atoms with Gasteiger partial charge in [-0.05, 0) is 38.0 Å². The number of carbonyl (C=O) groups is 1. The van der Waals surface area contributed by atoms with Gasteiger partial charge in [-0.25, -0.2) is 4.39 Å². The zero-order chi connectivity index (χ0) is 10.2. The molecule has 0 spiro atoms. The highest BCUT2D eigenvalue weighted by atomic mass is 35.5. The summed E-state index contributed by atoms with van der Waals surface area (Å²) in [6.45, 7) is 4.85. The van der Waals surface area contributed by atoms with Gasteiger partial charge >= 0.3 is 0 Å². The first-order valence-corrected chi connectivity index (χ1v) is 4.29. The summed E-state index contributed by atoms with van der Waals surface area (Å²) in [6.07, 6.45) is 0. The largest absolute Gasteiger partial charge is 0.294 e. The van der Waals surface area contributed by atoms with E-state index in [4.69, 9.17) is 11.6 Å². The zero-order valence-electron chi connectivity index (χ0n) is 7.74. The molecule has 0 unspecified atom stereocenters. The fraction of sp³-hybridized carbons (Fsp3) is 0.300. The summed E-state index contributed by atoms with van der Waals surface area (Å²) in [6, 6.07) is 1.53. The Bertz CT molecular complexity index is 345. The van der Waals surface area contributed by atoms with Crippen LogP contribution in [0.3, 0.4) is 0 Å². The van der Waals surface area contributed by atoms with Crippen LogP contribution in [0.1, 0.15) is 28.4 Å². The molecule has 0 heterocycles. The highest BCUT2D eigenvalue weighted by Crippen LogP contribution is 2.24. The van der Waals surface area contributed by atoms with Crippen LogP contribution in [-0.4, -0.2) is 5.78 Å². The number of ketones is 1. The molecule has 70 valence electrons. The van der Waals surface area contributed by atoms with Crippen molar-refractivity contribution < 1.29 is 9.18 Å². The monoisotopic (exact) mass is 200 g/mol. The number of benzene rings is 1. The molecular formula is C10H10ClFO. The second kappa shape index (κ2) is 3.46. The standard InChI is InChI=1S/C10H10ClFO/c1-5-4-8(11)10(12)9(6(5)2)7(3)13/h4H,1-3H3. The topological polar surface area (TPSA) is 17.1 Å². The lowest BCUT2D eigenvalue weighted by Crippen LogP contribution is -2.03. The van der Waals surface area contributed by atoms with Gasteiger partial charge in [0, 0.05) is 0 Å². The molecule has 1 aromatic carbocycles. The Morgan fingerprint density at radius 1 is 1.46 bits per heavy atom. The van der Waals surface area contributed by atoms with Gasteiger partial charge in [-0.15, -0.1) is 0 Å². The molecule has 13 heavy (non-hydrogen) atoms. The molecule has 0 fully saturated rings. The minimum atomic E-state index is -0.614. The van der Waals surface area contributed by atoms with Crippen LogP contribution in [0, 0.1) is 19.7 Å². The summed E-state index contributed by atoms with van der Waals surface area (Å²) < 4.78 is 13.3. The molecule has 0 amide bonds. The molecule has 0 aliphatic carbocycles. The van der Waals surface area contributed by atoms with Crippen LogP contribution < -0.4 is 0 Å². The molecule has 0 atom stereocenters. The number of rotatable bonds is 1. The van der Waals surface area contributed by atoms with E-state index in [1.807, 2.05) is 0 Å². The van der Waals surface area contributed by atoms with Gasteiger partial charge in [0.15, 0.2) is 11.6 Å². The summed E-state index contributed by atoms with van der Waals surface area (Å²) in [5.74, 6) is -0.905. The molecule has 0 N–H and O–H groups in total. The Hall–Kier alpha value is -0.890. The highest BCUT2D eigenvalue weighted by Gasteiger charge is 2.15. The molecule has 0 aromatic heterocycles. The second-order valence-electron chi connectivity index (χ2n) is 3.05. The van der Waals surface area contributed by atoms with E-state index in [9.17, 15) is 9.18 Å². The van der Waals surface area contributed by atoms with Crippen molar-refractivity contribution in [3.63, 3.8) is 0 Å². The van der Waals surface area contributed by atoms with Crippen molar-refractivity contribution in [3.05, 3.63) is 33.6 Å². The lowest BCUT2D eigenvalue weighted by atomic mass is 10.0. The average molecular weight is 201 g/mol. The Morgan fingerprint density at radius 2 is 2.00 bits per heavy atom. The Labute approximate surface area is 81.5 Å². The van der Waals surface area contributed by atoms with Crippen LogP contribution in [0.15, 0.2) is 6.07 Å². The maximum Gasteiger partial charge on any atom is 0.163 e. The Kier molecular flexibility index (Phi) is 2.71. The summed E-state index contributed by atoms with van der Waals surface area (Å²) in [4.78, 5) is 11.1. The van der Waals surface area contributed by atoms with Crippen LogP contribution in [0.5, 0.6) is 0 Å². The smallest absolute Gasteiger partial charge is 0.163 e. The lowest BCUT2D eigenvalue weighted by molar-refractivity contribution is 0.101. The molecule has 3 heteroatoms. The third-order valence-electron chi connectivity index (χ3n) is 2.09. The van der Waals surface area contributed by atoms with Crippen LogP contribution >= 0.6 is 11.6 Å². The minimum Gasteiger partial charge on any atom is -0.294 e. The van der Waals surface area contributed by atoms with Crippen molar-refractivity contribution in [1.29, 1.82) is 0 Å². The molecule has 1 rings (SSSR count). The molecule has 0 saturated carbocycles. The van der Waals surface area contributed by atoms with Gasteiger partial charge in [0.05, 0.1) is 10.6 Å². The van der Waals surface area contributed by atoms with Crippen molar-refractivity contribution in [1.82, 2.24) is 0 Å². The molecule has 0 aliphatic heterocycles. The first-order valence-electron chi connectivity index (χ1n) is 3.91.